The molecule has 0 spiro atoms. The number of aromatic nitrogens is 4. The molecule has 60 heavy (non-hydrogen) atoms. The molecule has 2 fully saturated rings. The van der Waals surface area contributed by atoms with Gasteiger partial charge in [0.2, 0.25) is 5.28 Å². The van der Waals surface area contributed by atoms with Crippen molar-refractivity contribution in [2.24, 2.45) is 11.8 Å². The topological polar surface area (TPSA) is 148 Å². The molecule has 2 aliphatic heterocycles. The van der Waals surface area contributed by atoms with Crippen molar-refractivity contribution in [2.75, 3.05) is 69.3 Å². The summed E-state index contributed by atoms with van der Waals surface area (Å²) in [7, 11) is 1.53. The summed E-state index contributed by atoms with van der Waals surface area (Å²) in [6.45, 7) is 16.5. The van der Waals surface area contributed by atoms with Crippen LogP contribution < -0.4 is 14.5 Å². The van der Waals surface area contributed by atoms with E-state index in [-0.39, 0.29) is 28.9 Å². The summed E-state index contributed by atoms with van der Waals surface area (Å²) >= 11 is 6.12. The number of methoxy groups -OCH3 is 1. The molecule has 0 unspecified atom stereocenters. The number of piperazine rings is 2. The van der Waals surface area contributed by atoms with Gasteiger partial charge in [0.25, 0.3) is 11.8 Å². The molecule has 4 heterocycles. The van der Waals surface area contributed by atoms with E-state index in [0.29, 0.717) is 82.3 Å². The summed E-state index contributed by atoms with van der Waals surface area (Å²) in [5.74, 6) is 2.15. The average molecular weight is 843 g/mol. The minimum atomic E-state index is -0.971. The van der Waals surface area contributed by atoms with Gasteiger partial charge in [-0.3, -0.25) is 9.59 Å². The monoisotopic (exact) mass is 842 g/mol. The maximum absolute atomic E-state index is 14.1. The molecule has 2 amide bonds. The van der Waals surface area contributed by atoms with Crippen LogP contribution in [0.25, 0.3) is 33.2 Å². The molecular formula is C45H56ClFN8O5. The van der Waals surface area contributed by atoms with E-state index in [0.717, 1.165) is 44.6 Å². The normalized spacial score (nSPS) is 15.7. The molecule has 2 N–H and O–H groups in total. The molecule has 320 valence electrons. The highest BCUT2D eigenvalue weighted by Crippen LogP contribution is 2.34. The van der Waals surface area contributed by atoms with E-state index in [4.69, 9.17) is 26.3 Å². The second-order valence-electron chi connectivity index (χ2n) is 16.5. The van der Waals surface area contributed by atoms with E-state index in [1.165, 1.54) is 19.2 Å². The quantitative estimate of drug-likeness (QED) is 0.150. The molecule has 5 aromatic rings. The lowest BCUT2D eigenvalue weighted by Gasteiger charge is -2.37. The molecule has 0 saturated carbocycles. The molecule has 0 bridgehead atoms. The summed E-state index contributed by atoms with van der Waals surface area (Å²) in [6.07, 6.45) is -0.946. The van der Waals surface area contributed by atoms with E-state index in [1.54, 1.807) is 15.9 Å². The van der Waals surface area contributed by atoms with Crippen LogP contribution in [0.3, 0.4) is 0 Å². The molecule has 7 rings (SSSR count). The fraction of sp³-hybridized carbons (Fsp3) is 0.467. The number of aliphatic hydroxyl groups is 2. The summed E-state index contributed by atoms with van der Waals surface area (Å²) in [4.78, 5) is 51.0. The lowest BCUT2D eigenvalue weighted by atomic mass is 10.0. The minimum Gasteiger partial charge on any atom is -0.496 e. The van der Waals surface area contributed by atoms with Gasteiger partial charge in [0, 0.05) is 63.1 Å². The Labute approximate surface area is 356 Å². The third kappa shape index (κ3) is 10.6. The van der Waals surface area contributed by atoms with Gasteiger partial charge >= 0.3 is 0 Å². The number of aryl methyl sites for hydroxylation is 2. The number of amides is 2. The Kier molecular flexibility index (Phi) is 14.4. The van der Waals surface area contributed by atoms with Gasteiger partial charge in [-0.15, -0.1) is 0 Å². The number of ether oxygens (including phenoxy) is 1. The van der Waals surface area contributed by atoms with Crippen LogP contribution >= 0.6 is 11.6 Å². The maximum Gasteiger partial charge on any atom is 0.251 e. The zero-order valence-electron chi connectivity index (χ0n) is 35.5. The Morgan fingerprint density at radius 2 is 1.15 bits per heavy atom. The molecule has 0 aliphatic carbocycles. The number of fused-ring (bicyclic) bond motifs is 2. The first-order valence-corrected chi connectivity index (χ1v) is 21.0. The molecule has 2 saturated heterocycles. The Morgan fingerprint density at radius 3 is 1.62 bits per heavy atom. The number of nitrogens with zero attached hydrogens (tertiary/aromatic N) is 8. The van der Waals surface area contributed by atoms with Crippen LogP contribution in [0.15, 0.2) is 54.6 Å². The number of hydrogen-bond donors (Lipinski definition) is 2. The molecule has 2 aromatic heterocycles. The summed E-state index contributed by atoms with van der Waals surface area (Å²) < 4.78 is 19.5. The lowest BCUT2D eigenvalue weighted by Crippen LogP contribution is -2.52. The Bertz CT molecular complexity index is 2310. The van der Waals surface area contributed by atoms with E-state index < -0.39 is 18.0 Å². The zero-order chi connectivity index (χ0) is 43.2. The van der Waals surface area contributed by atoms with Crippen molar-refractivity contribution >= 4 is 56.9 Å². The number of rotatable bonds is 10. The predicted molar refractivity (Wildman–Crippen MR) is 234 cm³/mol. The number of halogens is 2. The summed E-state index contributed by atoms with van der Waals surface area (Å²) in [5.41, 5.74) is 4.25. The number of carbonyl (C=O) groups is 2. The summed E-state index contributed by atoms with van der Waals surface area (Å²) in [6, 6.07) is 16.3. The molecule has 0 radical (unpaired) electrons. The van der Waals surface area contributed by atoms with Gasteiger partial charge in [-0.05, 0) is 104 Å². The van der Waals surface area contributed by atoms with Crippen molar-refractivity contribution in [3.63, 3.8) is 0 Å². The van der Waals surface area contributed by atoms with Crippen LogP contribution in [0.2, 0.25) is 5.28 Å². The molecule has 3 aromatic carbocycles. The molecule has 2 aliphatic rings. The van der Waals surface area contributed by atoms with E-state index in [2.05, 4.69) is 19.8 Å². The largest absolute Gasteiger partial charge is 0.496 e. The van der Waals surface area contributed by atoms with Crippen molar-refractivity contribution in [1.29, 1.82) is 0 Å². The average Bonchev–Trinajstić information content (AvgIpc) is 3.22. The van der Waals surface area contributed by atoms with Gasteiger partial charge < -0.3 is 34.5 Å². The second-order valence-corrected chi connectivity index (χ2v) is 16.8. The standard InChI is InChI=1S/C26H31FN4O3.C19H25ClN4O2/c1-16(2)13-22(32)26(33)31-11-9-30(10-12-31)25-19-7-5-17(3)14-21(19)28-24(29-25)20-15-18(27)6-8-23(20)34-4;1-12(2)10-16(25)18(26)24-8-6-23(7-9-24)17-14-5-4-13(3)11-15(14)21-19(20)22-17/h5-8,14-16,22,32H,9-13H2,1-4H3;4-5,11-12,16,25H,6-10H2,1-3H3/t22-;16-/m11/s1. The Balaban J connectivity index is 0.000000209. The van der Waals surface area contributed by atoms with Crippen LogP contribution in [0.4, 0.5) is 16.0 Å². The first-order valence-electron chi connectivity index (χ1n) is 20.6. The van der Waals surface area contributed by atoms with E-state index in [9.17, 15) is 24.2 Å². The third-order valence-electron chi connectivity index (χ3n) is 10.8. The van der Waals surface area contributed by atoms with Crippen molar-refractivity contribution in [3.05, 3.63) is 76.8 Å². The van der Waals surface area contributed by atoms with Crippen LogP contribution in [0, 0.1) is 31.5 Å². The van der Waals surface area contributed by atoms with Crippen molar-refractivity contribution < 1.29 is 28.9 Å². The highest BCUT2D eigenvalue weighted by molar-refractivity contribution is 6.28. The fourth-order valence-corrected chi connectivity index (χ4v) is 7.84. The van der Waals surface area contributed by atoms with Crippen molar-refractivity contribution in [3.8, 4) is 17.1 Å². The third-order valence-corrected chi connectivity index (χ3v) is 10.9. The number of benzene rings is 3. The van der Waals surface area contributed by atoms with Crippen molar-refractivity contribution in [2.45, 2.75) is 66.6 Å². The molecule has 13 nitrogen and oxygen atoms in total. The van der Waals surface area contributed by atoms with Gasteiger partial charge in [0.05, 0.1) is 23.7 Å². The predicted octanol–water partition coefficient (Wildman–Crippen LogP) is 6.46. The number of anilines is 2. The zero-order valence-corrected chi connectivity index (χ0v) is 36.3. The van der Waals surface area contributed by atoms with Gasteiger partial charge in [-0.2, -0.15) is 4.98 Å². The summed E-state index contributed by atoms with van der Waals surface area (Å²) in [5, 5.41) is 22.4. The van der Waals surface area contributed by atoms with Crippen molar-refractivity contribution in [1.82, 2.24) is 29.7 Å². The van der Waals surface area contributed by atoms with E-state index in [1.807, 2.05) is 77.9 Å². The van der Waals surface area contributed by atoms with Gasteiger partial charge in [0.15, 0.2) is 5.82 Å². The second kappa shape index (κ2) is 19.5. The fourth-order valence-electron chi connectivity index (χ4n) is 7.67. The van der Waals surface area contributed by atoms with Gasteiger partial charge in [0.1, 0.15) is 35.4 Å². The molecule has 2 atom stereocenters. The first-order chi connectivity index (χ1) is 28.6. The lowest BCUT2D eigenvalue weighted by molar-refractivity contribution is -0.141. The highest BCUT2D eigenvalue weighted by Gasteiger charge is 2.30. The van der Waals surface area contributed by atoms with Crippen LogP contribution in [0.1, 0.15) is 51.7 Å². The highest BCUT2D eigenvalue weighted by atomic mass is 35.5. The number of hydrogen-bond acceptors (Lipinski definition) is 11. The minimum absolute atomic E-state index is 0.181. The molecular weight excluding hydrogens is 787 g/mol. The Hall–Kier alpha value is -5.18. The van der Waals surface area contributed by atoms with Crippen LogP contribution in [0.5, 0.6) is 5.75 Å². The Morgan fingerprint density at radius 1 is 0.683 bits per heavy atom. The van der Waals surface area contributed by atoms with Crippen LogP contribution in [-0.4, -0.2) is 123 Å². The SMILES string of the molecule is COc1ccc(F)cc1-c1nc(N2CCN(C(=O)[C@H](O)CC(C)C)CC2)c2ccc(C)cc2n1.Cc1ccc2c(N3CCN(C(=O)[C@H](O)CC(C)C)CC3)nc(Cl)nc2c1. The smallest absolute Gasteiger partial charge is 0.251 e. The van der Waals surface area contributed by atoms with E-state index >= 15 is 0 Å². The molecule has 15 heteroatoms. The number of carbonyl (C=O) groups excluding carboxylic acids is 2. The number of aliphatic hydroxyl groups excluding tert-OH is 2. The van der Waals surface area contributed by atoms with Gasteiger partial charge in [-0.25, -0.2) is 19.3 Å². The maximum atomic E-state index is 14.1. The van der Waals surface area contributed by atoms with Crippen LogP contribution in [-0.2, 0) is 9.59 Å². The first kappa shape index (κ1) is 44.4. The van der Waals surface area contributed by atoms with Gasteiger partial charge in [-0.1, -0.05) is 39.8 Å².